The summed E-state index contributed by atoms with van der Waals surface area (Å²) in [6.45, 7) is 5.68. The minimum absolute atomic E-state index is 0.112. The van der Waals surface area contributed by atoms with Crippen molar-refractivity contribution in [1.82, 2.24) is 4.72 Å². The van der Waals surface area contributed by atoms with E-state index >= 15 is 0 Å². The molecule has 1 amide bonds. The first-order chi connectivity index (χ1) is 14.1. The van der Waals surface area contributed by atoms with Gasteiger partial charge in [0.2, 0.25) is 15.9 Å². The van der Waals surface area contributed by atoms with Crippen LogP contribution in [0.4, 0.5) is 5.69 Å². The van der Waals surface area contributed by atoms with E-state index in [1.54, 1.807) is 44.2 Å². The zero-order valence-electron chi connectivity index (χ0n) is 17.6. The Kier molecular flexibility index (Phi) is 7.02. The molecule has 1 fully saturated rings. The molecule has 1 unspecified atom stereocenters. The van der Waals surface area contributed by atoms with Crippen molar-refractivity contribution in [3.05, 3.63) is 46.2 Å². The summed E-state index contributed by atoms with van der Waals surface area (Å²) in [5.74, 6) is -0.260. The van der Waals surface area contributed by atoms with Crippen molar-refractivity contribution in [2.45, 2.75) is 62.9 Å². The van der Waals surface area contributed by atoms with Crippen LogP contribution >= 0.6 is 11.3 Å². The summed E-state index contributed by atoms with van der Waals surface area (Å²) in [5, 5.41) is 12.6. The molecule has 0 aliphatic heterocycles. The van der Waals surface area contributed by atoms with Crippen molar-refractivity contribution in [3.63, 3.8) is 0 Å². The van der Waals surface area contributed by atoms with Crippen molar-refractivity contribution in [2.75, 3.05) is 11.9 Å². The number of aliphatic hydroxyl groups excluding tert-OH is 1. The maximum Gasteiger partial charge on any atom is 0.240 e. The van der Waals surface area contributed by atoms with Gasteiger partial charge in [-0.05, 0) is 56.2 Å². The van der Waals surface area contributed by atoms with Crippen LogP contribution in [0, 0.1) is 5.92 Å². The molecule has 30 heavy (non-hydrogen) atoms. The number of carbonyl (C=O) groups excluding carboxylic acids is 1. The number of amides is 1. The molecular formula is C22H30N2O4S2. The van der Waals surface area contributed by atoms with Gasteiger partial charge in [0, 0.05) is 33.3 Å². The largest absolute Gasteiger partial charge is 0.388 e. The lowest BCUT2D eigenvalue weighted by atomic mass is 9.85. The number of hydrogen-bond donors (Lipinski definition) is 3. The lowest BCUT2D eigenvalue weighted by molar-refractivity contribution is -0.118. The molecule has 1 aromatic carbocycles. The Morgan fingerprint density at radius 2 is 1.73 bits per heavy atom. The van der Waals surface area contributed by atoms with Gasteiger partial charge in [-0.15, -0.1) is 11.3 Å². The van der Waals surface area contributed by atoms with Gasteiger partial charge in [-0.2, -0.15) is 0 Å². The molecule has 1 aromatic heterocycles. The highest BCUT2D eigenvalue weighted by Crippen LogP contribution is 2.44. The van der Waals surface area contributed by atoms with Gasteiger partial charge in [-0.25, -0.2) is 13.1 Å². The summed E-state index contributed by atoms with van der Waals surface area (Å²) in [4.78, 5) is 14.0. The second-order valence-electron chi connectivity index (χ2n) is 8.36. The molecule has 3 rings (SSSR count). The predicted molar refractivity (Wildman–Crippen MR) is 120 cm³/mol. The van der Waals surface area contributed by atoms with Gasteiger partial charge in [0.1, 0.15) is 0 Å². The summed E-state index contributed by atoms with van der Waals surface area (Å²) in [7, 11) is -3.67. The van der Waals surface area contributed by atoms with Crippen LogP contribution < -0.4 is 10.0 Å². The molecular weight excluding hydrogens is 420 g/mol. The zero-order chi connectivity index (χ0) is 21.9. The molecule has 2 aromatic rings. The van der Waals surface area contributed by atoms with Gasteiger partial charge in [0.25, 0.3) is 0 Å². The molecule has 8 heteroatoms. The van der Waals surface area contributed by atoms with Crippen molar-refractivity contribution in [3.8, 4) is 0 Å². The maximum atomic E-state index is 12.9. The number of rotatable bonds is 8. The van der Waals surface area contributed by atoms with E-state index in [2.05, 4.69) is 10.0 Å². The molecule has 0 saturated heterocycles. The van der Waals surface area contributed by atoms with E-state index in [1.807, 2.05) is 12.1 Å². The Labute approximate surface area is 182 Å². The van der Waals surface area contributed by atoms with Crippen LogP contribution in [0.2, 0.25) is 0 Å². The molecule has 6 nitrogen and oxygen atoms in total. The van der Waals surface area contributed by atoms with E-state index in [9.17, 15) is 18.3 Å². The normalized spacial score (nSPS) is 17.2. The van der Waals surface area contributed by atoms with Gasteiger partial charge in [0.05, 0.1) is 11.0 Å². The molecule has 1 atom stereocenters. The van der Waals surface area contributed by atoms with Crippen molar-refractivity contribution < 1.29 is 18.3 Å². The van der Waals surface area contributed by atoms with E-state index in [0.717, 1.165) is 35.4 Å². The molecule has 164 valence electrons. The second-order valence-corrected chi connectivity index (χ2v) is 11.2. The van der Waals surface area contributed by atoms with Crippen molar-refractivity contribution >= 4 is 33.0 Å². The Morgan fingerprint density at radius 3 is 2.27 bits per heavy atom. The number of carbonyl (C=O) groups is 1. The molecule has 3 N–H and O–H groups in total. The number of benzene rings is 1. The molecule has 1 aliphatic carbocycles. The summed E-state index contributed by atoms with van der Waals surface area (Å²) in [5.41, 5.74) is 0.347. The van der Waals surface area contributed by atoms with Gasteiger partial charge < -0.3 is 10.4 Å². The van der Waals surface area contributed by atoms with Crippen LogP contribution in [0.1, 0.15) is 62.3 Å². The lowest BCUT2D eigenvalue weighted by Gasteiger charge is -2.28. The SMILES string of the molecule is CC(C)C(=O)Nc1ccc(S(=O)(=O)NCC2(c3ccc(C(C)O)s3)CCCC2)cc1. The van der Waals surface area contributed by atoms with Crippen molar-refractivity contribution in [2.24, 2.45) is 5.92 Å². The number of hydrogen-bond acceptors (Lipinski definition) is 5. The number of nitrogens with one attached hydrogen (secondary N) is 2. The Hall–Kier alpha value is -1.74. The van der Waals surface area contributed by atoms with Crippen molar-refractivity contribution in [1.29, 1.82) is 0 Å². The quantitative estimate of drug-likeness (QED) is 0.562. The fraction of sp³-hybridized carbons (Fsp3) is 0.500. The Morgan fingerprint density at radius 1 is 1.10 bits per heavy atom. The van der Waals surface area contributed by atoms with Crippen LogP contribution in [-0.2, 0) is 20.2 Å². The summed E-state index contributed by atoms with van der Waals surface area (Å²) in [6.07, 6.45) is 3.46. The summed E-state index contributed by atoms with van der Waals surface area (Å²) < 4.78 is 28.6. The minimum Gasteiger partial charge on any atom is -0.388 e. The molecule has 1 heterocycles. The second kappa shape index (κ2) is 9.18. The van der Waals surface area contributed by atoms with Crippen LogP contribution in [0.25, 0.3) is 0 Å². The first kappa shape index (κ1) is 22.9. The third-order valence-corrected chi connectivity index (χ3v) is 8.60. The van der Waals surface area contributed by atoms with Gasteiger partial charge in [-0.1, -0.05) is 26.7 Å². The highest BCUT2D eigenvalue weighted by atomic mass is 32.2. The van der Waals surface area contributed by atoms with Gasteiger partial charge in [0.15, 0.2) is 0 Å². The molecule has 0 spiro atoms. The molecule has 1 saturated carbocycles. The number of thiophene rings is 1. The van der Waals surface area contributed by atoms with E-state index in [-0.39, 0.29) is 22.1 Å². The third kappa shape index (κ3) is 5.11. The van der Waals surface area contributed by atoms with E-state index in [4.69, 9.17) is 0 Å². The van der Waals surface area contributed by atoms with E-state index < -0.39 is 16.1 Å². The standard InChI is InChI=1S/C22H30N2O4S2/c1-15(2)21(26)24-17-6-8-18(9-7-17)30(27,28)23-14-22(12-4-5-13-22)20-11-10-19(29-20)16(3)25/h6-11,15-16,23,25H,4-5,12-14H2,1-3H3,(H,24,26). The third-order valence-electron chi connectivity index (χ3n) is 5.68. The number of anilines is 1. The fourth-order valence-corrected chi connectivity index (χ4v) is 6.06. The van der Waals surface area contributed by atoms with Gasteiger partial charge >= 0.3 is 0 Å². The zero-order valence-corrected chi connectivity index (χ0v) is 19.3. The highest BCUT2D eigenvalue weighted by molar-refractivity contribution is 7.89. The van der Waals surface area contributed by atoms with Crippen LogP contribution in [0.5, 0.6) is 0 Å². The first-order valence-corrected chi connectivity index (χ1v) is 12.6. The minimum atomic E-state index is -3.67. The Bertz CT molecular complexity index is 973. The fourth-order valence-electron chi connectivity index (χ4n) is 3.74. The summed E-state index contributed by atoms with van der Waals surface area (Å²) >= 11 is 1.57. The predicted octanol–water partition coefficient (Wildman–Crippen LogP) is 4.19. The Balaban J connectivity index is 1.73. The summed E-state index contributed by atoms with van der Waals surface area (Å²) in [6, 6.07) is 10.2. The smallest absolute Gasteiger partial charge is 0.240 e. The van der Waals surface area contributed by atoms with Crippen LogP contribution in [-0.4, -0.2) is 26.0 Å². The molecule has 0 bridgehead atoms. The topological polar surface area (TPSA) is 95.5 Å². The average molecular weight is 451 g/mol. The molecule has 0 radical (unpaired) electrons. The lowest BCUT2D eigenvalue weighted by Crippen LogP contribution is -2.38. The van der Waals surface area contributed by atoms with E-state index in [0.29, 0.717) is 12.2 Å². The van der Waals surface area contributed by atoms with Crippen LogP contribution in [0.3, 0.4) is 0 Å². The highest BCUT2D eigenvalue weighted by Gasteiger charge is 2.38. The van der Waals surface area contributed by atoms with Gasteiger partial charge in [-0.3, -0.25) is 4.79 Å². The monoisotopic (exact) mass is 450 g/mol. The number of aliphatic hydroxyl groups is 1. The number of sulfonamides is 1. The van der Waals surface area contributed by atoms with Crippen LogP contribution in [0.15, 0.2) is 41.3 Å². The first-order valence-electron chi connectivity index (χ1n) is 10.3. The van der Waals surface area contributed by atoms with E-state index in [1.165, 1.54) is 12.1 Å². The molecule has 1 aliphatic rings. The maximum absolute atomic E-state index is 12.9. The average Bonchev–Trinajstić information content (AvgIpc) is 3.37.